The molecule has 0 heterocycles. The van der Waals surface area contributed by atoms with E-state index in [-0.39, 0.29) is 12.0 Å². The van der Waals surface area contributed by atoms with E-state index >= 15 is 0 Å². The number of alkyl halides is 3. The number of hydrogen-bond donors (Lipinski definition) is 1. The lowest BCUT2D eigenvalue weighted by molar-refractivity contribution is -0.137. The first-order valence-electron chi connectivity index (χ1n) is 4.52. The van der Waals surface area contributed by atoms with Crippen molar-refractivity contribution >= 4 is 15.9 Å². The Hall–Kier alpha value is -0.550. The smallest absolute Gasteiger partial charge is 0.327 e. The standard InChI is InChI=1S/C10H9BrF3N/c11-8-2-1-5(10(12,13)14)3-6(8)7-4-9(7)15/h1-3,7,9H,4,15H2. The highest BCUT2D eigenvalue weighted by molar-refractivity contribution is 9.10. The SMILES string of the molecule is NC1CC1c1cc(C(F)(F)F)ccc1Br. The minimum absolute atomic E-state index is 0.00443. The summed E-state index contributed by atoms with van der Waals surface area (Å²) in [6, 6.07) is 3.69. The Morgan fingerprint density at radius 2 is 1.93 bits per heavy atom. The van der Waals surface area contributed by atoms with Crippen molar-refractivity contribution in [1.82, 2.24) is 0 Å². The van der Waals surface area contributed by atoms with Crippen molar-refractivity contribution in [2.75, 3.05) is 0 Å². The van der Waals surface area contributed by atoms with Crippen LogP contribution < -0.4 is 5.73 Å². The molecule has 0 aromatic heterocycles. The molecule has 1 aliphatic carbocycles. The van der Waals surface area contributed by atoms with Crippen LogP contribution in [0.4, 0.5) is 13.2 Å². The van der Waals surface area contributed by atoms with Crippen molar-refractivity contribution in [3.63, 3.8) is 0 Å². The third kappa shape index (κ3) is 2.18. The molecule has 1 aromatic rings. The molecule has 5 heteroatoms. The molecule has 1 nitrogen and oxygen atoms in total. The number of benzene rings is 1. The fourth-order valence-electron chi connectivity index (χ4n) is 1.58. The fraction of sp³-hybridized carbons (Fsp3) is 0.400. The summed E-state index contributed by atoms with van der Waals surface area (Å²) in [6.45, 7) is 0. The summed E-state index contributed by atoms with van der Waals surface area (Å²) in [5.74, 6) is 0.0710. The van der Waals surface area contributed by atoms with Crippen molar-refractivity contribution < 1.29 is 13.2 Å². The van der Waals surface area contributed by atoms with Crippen molar-refractivity contribution in [3.05, 3.63) is 33.8 Å². The van der Waals surface area contributed by atoms with Gasteiger partial charge in [-0.05, 0) is 30.2 Å². The average molecular weight is 280 g/mol. The molecule has 1 saturated carbocycles. The van der Waals surface area contributed by atoms with Crippen molar-refractivity contribution in [3.8, 4) is 0 Å². The number of halogens is 4. The third-order valence-electron chi connectivity index (χ3n) is 2.56. The molecule has 0 aliphatic heterocycles. The van der Waals surface area contributed by atoms with Gasteiger partial charge in [0.05, 0.1) is 5.56 Å². The van der Waals surface area contributed by atoms with E-state index in [9.17, 15) is 13.2 Å². The van der Waals surface area contributed by atoms with Crippen LogP contribution >= 0.6 is 15.9 Å². The third-order valence-corrected chi connectivity index (χ3v) is 3.28. The summed E-state index contributed by atoms with van der Waals surface area (Å²) in [6.07, 6.45) is -3.52. The molecule has 1 aliphatic rings. The van der Waals surface area contributed by atoms with Crippen LogP contribution in [0.25, 0.3) is 0 Å². The van der Waals surface area contributed by atoms with Gasteiger partial charge in [-0.15, -0.1) is 0 Å². The summed E-state index contributed by atoms with van der Waals surface area (Å²) in [4.78, 5) is 0. The second-order valence-electron chi connectivity index (χ2n) is 3.74. The van der Waals surface area contributed by atoms with Gasteiger partial charge in [0.15, 0.2) is 0 Å². The number of rotatable bonds is 1. The Morgan fingerprint density at radius 3 is 2.40 bits per heavy atom. The lowest BCUT2D eigenvalue weighted by atomic mass is 10.1. The maximum absolute atomic E-state index is 12.4. The molecule has 2 unspecified atom stereocenters. The molecule has 0 amide bonds. The van der Waals surface area contributed by atoms with Crippen LogP contribution in [0.5, 0.6) is 0 Å². The first-order valence-corrected chi connectivity index (χ1v) is 5.31. The number of hydrogen-bond acceptors (Lipinski definition) is 1. The lowest BCUT2D eigenvalue weighted by Crippen LogP contribution is -2.07. The van der Waals surface area contributed by atoms with Gasteiger partial charge in [-0.25, -0.2) is 0 Å². The first-order chi connectivity index (χ1) is 6.89. The molecule has 1 fully saturated rings. The molecule has 2 atom stereocenters. The summed E-state index contributed by atoms with van der Waals surface area (Å²) in [7, 11) is 0. The van der Waals surface area contributed by atoms with Gasteiger partial charge in [-0.1, -0.05) is 15.9 Å². The summed E-state index contributed by atoms with van der Waals surface area (Å²) < 4.78 is 38.0. The Labute approximate surface area is 93.6 Å². The highest BCUT2D eigenvalue weighted by Gasteiger charge is 2.38. The van der Waals surface area contributed by atoms with Crippen LogP contribution in [0, 0.1) is 0 Å². The van der Waals surface area contributed by atoms with E-state index in [2.05, 4.69) is 15.9 Å². The number of nitrogens with two attached hydrogens (primary N) is 1. The summed E-state index contributed by atoms with van der Waals surface area (Å²) >= 11 is 3.24. The second kappa shape index (κ2) is 3.49. The molecule has 2 rings (SSSR count). The van der Waals surface area contributed by atoms with E-state index in [0.29, 0.717) is 10.0 Å². The topological polar surface area (TPSA) is 26.0 Å². The zero-order valence-electron chi connectivity index (χ0n) is 7.68. The Balaban J connectivity index is 2.38. The molecule has 15 heavy (non-hydrogen) atoms. The predicted molar refractivity (Wildman–Crippen MR) is 54.5 cm³/mol. The quantitative estimate of drug-likeness (QED) is 0.839. The molecular weight excluding hydrogens is 271 g/mol. The van der Waals surface area contributed by atoms with Crippen molar-refractivity contribution in [1.29, 1.82) is 0 Å². The zero-order chi connectivity index (χ0) is 11.2. The van der Waals surface area contributed by atoms with Gasteiger partial charge in [0.2, 0.25) is 0 Å². The van der Waals surface area contributed by atoms with Crippen LogP contribution in [-0.4, -0.2) is 6.04 Å². The van der Waals surface area contributed by atoms with Crippen molar-refractivity contribution in [2.24, 2.45) is 5.73 Å². The lowest BCUT2D eigenvalue weighted by Gasteiger charge is -2.10. The molecule has 1 aromatic carbocycles. The predicted octanol–water partition coefficient (Wildman–Crippen LogP) is 3.28. The van der Waals surface area contributed by atoms with E-state index < -0.39 is 11.7 Å². The zero-order valence-corrected chi connectivity index (χ0v) is 9.27. The Morgan fingerprint density at radius 1 is 1.33 bits per heavy atom. The monoisotopic (exact) mass is 279 g/mol. The molecule has 0 radical (unpaired) electrons. The van der Waals surface area contributed by atoms with Crippen LogP contribution in [0.15, 0.2) is 22.7 Å². The molecule has 2 N–H and O–H groups in total. The second-order valence-corrected chi connectivity index (χ2v) is 4.59. The molecule has 0 saturated heterocycles. The van der Waals surface area contributed by atoms with E-state index in [1.165, 1.54) is 12.1 Å². The van der Waals surface area contributed by atoms with E-state index in [0.717, 1.165) is 12.5 Å². The van der Waals surface area contributed by atoms with Crippen LogP contribution in [-0.2, 0) is 6.18 Å². The summed E-state index contributed by atoms with van der Waals surface area (Å²) in [5, 5.41) is 0. The summed E-state index contributed by atoms with van der Waals surface area (Å²) in [5.41, 5.74) is 5.68. The van der Waals surface area contributed by atoms with Gasteiger partial charge in [0.25, 0.3) is 0 Å². The van der Waals surface area contributed by atoms with E-state index in [1.807, 2.05) is 0 Å². The van der Waals surface area contributed by atoms with Crippen LogP contribution in [0.1, 0.15) is 23.5 Å². The van der Waals surface area contributed by atoms with Gasteiger partial charge < -0.3 is 5.73 Å². The van der Waals surface area contributed by atoms with Crippen molar-refractivity contribution in [2.45, 2.75) is 24.6 Å². The average Bonchev–Trinajstić information content (AvgIpc) is 2.81. The molecular formula is C10H9BrF3N. The minimum atomic E-state index is -4.28. The fourth-order valence-corrected chi connectivity index (χ4v) is 2.12. The maximum Gasteiger partial charge on any atom is 0.416 e. The normalized spacial score (nSPS) is 25.4. The van der Waals surface area contributed by atoms with E-state index in [1.54, 1.807) is 0 Å². The largest absolute Gasteiger partial charge is 0.416 e. The minimum Gasteiger partial charge on any atom is -0.327 e. The van der Waals surface area contributed by atoms with E-state index in [4.69, 9.17) is 5.73 Å². The maximum atomic E-state index is 12.4. The van der Waals surface area contributed by atoms with Crippen LogP contribution in [0.3, 0.4) is 0 Å². The van der Waals surface area contributed by atoms with Gasteiger partial charge in [0.1, 0.15) is 0 Å². The Kier molecular flexibility index (Phi) is 2.55. The van der Waals surface area contributed by atoms with Gasteiger partial charge in [0, 0.05) is 16.4 Å². The van der Waals surface area contributed by atoms with Gasteiger partial charge >= 0.3 is 6.18 Å². The van der Waals surface area contributed by atoms with Gasteiger partial charge in [-0.2, -0.15) is 13.2 Å². The molecule has 82 valence electrons. The molecule has 0 spiro atoms. The van der Waals surface area contributed by atoms with Gasteiger partial charge in [-0.3, -0.25) is 0 Å². The highest BCUT2D eigenvalue weighted by atomic mass is 79.9. The highest BCUT2D eigenvalue weighted by Crippen LogP contribution is 2.44. The first kappa shape index (κ1) is 11.0. The molecule has 0 bridgehead atoms. The van der Waals surface area contributed by atoms with Crippen LogP contribution in [0.2, 0.25) is 0 Å². The Bertz CT molecular complexity index is 389.